The number of unbranched alkanes of at least 4 members (excludes halogenated alkanes) is 1. The minimum absolute atomic E-state index is 0.0860. The van der Waals surface area contributed by atoms with Crippen molar-refractivity contribution in [2.45, 2.75) is 44.4 Å². The van der Waals surface area contributed by atoms with E-state index in [9.17, 15) is 8.42 Å². The molecule has 120 valence electrons. The van der Waals surface area contributed by atoms with Crippen LogP contribution < -0.4 is 9.46 Å². The van der Waals surface area contributed by atoms with Crippen molar-refractivity contribution in [3.63, 3.8) is 0 Å². The maximum Gasteiger partial charge on any atom is 0.244 e. The Labute approximate surface area is 132 Å². The molecule has 0 radical (unpaired) electrons. The molecule has 0 aliphatic carbocycles. The fourth-order valence-electron chi connectivity index (χ4n) is 2.11. The van der Waals surface area contributed by atoms with E-state index in [-0.39, 0.29) is 4.90 Å². The maximum atomic E-state index is 12.4. The maximum absolute atomic E-state index is 12.4. The molecule has 0 aliphatic heterocycles. The van der Waals surface area contributed by atoms with Crippen LogP contribution in [0.1, 0.15) is 39.5 Å². The monoisotopic (exact) mass is 333 g/mol. The SMILES string of the molecule is CCCC[C@H](CC)CNS(=O)(=O)c1cc(Cl)ccc1OC. The van der Waals surface area contributed by atoms with Crippen molar-refractivity contribution >= 4 is 21.6 Å². The number of nitrogens with one attached hydrogen (secondary N) is 1. The van der Waals surface area contributed by atoms with Crippen molar-refractivity contribution in [3.05, 3.63) is 23.2 Å². The zero-order valence-corrected chi connectivity index (χ0v) is 14.4. The van der Waals surface area contributed by atoms with Gasteiger partial charge in [0.1, 0.15) is 10.6 Å². The summed E-state index contributed by atoms with van der Waals surface area (Å²) in [6.45, 7) is 4.65. The Kier molecular flexibility index (Phi) is 7.49. The summed E-state index contributed by atoms with van der Waals surface area (Å²) in [4.78, 5) is 0.0860. The number of halogens is 1. The van der Waals surface area contributed by atoms with Gasteiger partial charge in [-0.15, -0.1) is 0 Å². The highest BCUT2D eigenvalue weighted by molar-refractivity contribution is 7.89. The molecule has 4 nitrogen and oxygen atoms in total. The van der Waals surface area contributed by atoms with Gasteiger partial charge in [0, 0.05) is 11.6 Å². The molecule has 6 heteroatoms. The van der Waals surface area contributed by atoms with Crippen molar-refractivity contribution in [1.82, 2.24) is 4.72 Å². The zero-order valence-electron chi connectivity index (χ0n) is 12.9. The van der Waals surface area contributed by atoms with Gasteiger partial charge in [-0.1, -0.05) is 44.7 Å². The van der Waals surface area contributed by atoms with Crippen LogP contribution in [-0.2, 0) is 10.0 Å². The van der Waals surface area contributed by atoms with Crippen LogP contribution in [0.15, 0.2) is 23.1 Å². The predicted molar refractivity (Wildman–Crippen MR) is 86.5 cm³/mol. The lowest BCUT2D eigenvalue weighted by molar-refractivity contribution is 0.401. The molecule has 21 heavy (non-hydrogen) atoms. The molecular formula is C15H24ClNO3S. The Morgan fingerprint density at radius 3 is 2.62 bits per heavy atom. The van der Waals surface area contributed by atoms with Gasteiger partial charge in [0.05, 0.1) is 7.11 Å². The van der Waals surface area contributed by atoms with Gasteiger partial charge in [0.2, 0.25) is 10.0 Å². The molecule has 0 aromatic heterocycles. The first-order valence-electron chi connectivity index (χ1n) is 7.27. The number of methoxy groups -OCH3 is 1. The normalized spacial score (nSPS) is 13.1. The summed E-state index contributed by atoms with van der Waals surface area (Å²) in [5.74, 6) is 0.651. The number of hydrogen-bond acceptors (Lipinski definition) is 3. The van der Waals surface area contributed by atoms with Gasteiger partial charge >= 0.3 is 0 Å². The van der Waals surface area contributed by atoms with E-state index < -0.39 is 10.0 Å². The molecule has 1 aromatic rings. The molecule has 0 saturated heterocycles. The van der Waals surface area contributed by atoms with Crippen molar-refractivity contribution in [3.8, 4) is 5.75 Å². The topological polar surface area (TPSA) is 55.4 Å². The van der Waals surface area contributed by atoms with Crippen LogP contribution in [-0.4, -0.2) is 22.1 Å². The smallest absolute Gasteiger partial charge is 0.244 e. The fraction of sp³-hybridized carbons (Fsp3) is 0.600. The van der Waals surface area contributed by atoms with Crippen LogP contribution in [0.25, 0.3) is 0 Å². The molecule has 0 amide bonds. The molecular weight excluding hydrogens is 310 g/mol. The second-order valence-corrected chi connectivity index (χ2v) is 7.24. The number of hydrogen-bond donors (Lipinski definition) is 1. The fourth-order valence-corrected chi connectivity index (χ4v) is 3.65. The Hall–Kier alpha value is -0.780. The lowest BCUT2D eigenvalue weighted by atomic mass is 10.00. The quantitative estimate of drug-likeness (QED) is 0.747. The highest BCUT2D eigenvalue weighted by Gasteiger charge is 2.21. The molecule has 0 spiro atoms. The van der Waals surface area contributed by atoms with E-state index in [0.717, 1.165) is 25.7 Å². The van der Waals surface area contributed by atoms with Gasteiger partial charge in [-0.25, -0.2) is 13.1 Å². The third kappa shape index (κ3) is 5.49. The molecule has 1 atom stereocenters. The molecule has 0 saturated carbocycles. The average molecular weight is 334 g/mol. The Bertz CT molecular complexity index is 546. The van der Waals surface area contributed by atoms with Crippen LogP contribution in [0.5, 0.6) is 5.75 Å². The summed E-state index contributed by atoms with van der Waals surface area (Å²) in [5, 5.41) is 0.370. The van der Waals surface area contributed by atoms with E-state index >= 15 is 0 Å². The lowest BCUT2D eigenvalue weighted by Crippen LogP contribution is -2.29. The van der Waals surface area contributed by atoms with Gasteiger partial charge in [0.15, 0.2) is 0 Å². The van der Waals surface area contributed by atoms with E-state index in [1.54, 1.807) is 12.1 Å². The first kappa shape index (κ1) is 18.3. The number of sulfonamides is 1. The van der Waals surface area contributed by atoms with Gasteiger partial charge in [0.25, 0.3) is 0 Å². The summed E-state index contributed by atoms with van der Waals surface area (Å²) in [6, 6.07) is 4.58. The van der Waals surface area contributed by atoms with Crippen molar-refractivity contribution in [2.24, 2.45) is 5.92 Å². The summed E-state index contributed by atoms with van der Waals surface area (Å²) in [5.41, 5.74) is 0. The number of benzene rings is 1. The zero-order chi connectivity index (χ0) is 15.9. The molecule has 1 rings (SSSR count). The van der Waals surface area contributed by atoms with Crippen LogP contribution >= 0.6 is 11.6 Å². The van der Waals surface area contributed by atoms with Crippen molar-refractivity contribution in [2.75, 3.05) is 13.7 Å². The number of rotatable bonds is 9. The summed E-state index contributed by atoms with van der Waals surface area (Å²) in [7, 11) is -2.17. The number of ether oxygens (including phenoxy) is 1. The van der Waals surface area contributed by atoms with E-state index in [2.05, 4.69) is 18.6 Å². The van der Waals surface area contributed by atoms with Crippen LogP contribution in [0, 0.1) is 5.92 Å². The second kappa shape index (κ2) is 8.61. The summed E-state index contributed by atoms with van der Waals surface area (Å²) >= 11 is 5.89. The van der Waals surface area contributed by atoms with E-state index in [1.807, 2.05) is 0 Å². The summed E-state index contributed by atoms with van der Waals surface area (Å²) in [6.07, 6.45) is 4.21. The molecule has 1 N–H and O–H groups in total. The van der Waals surface area contributed by atoms with Crippen LogP contribution in [0.3, 0.4) is 0 Å². The minimum Gasteiger partial charge on any atom is -0.495 e. The van der Waals surface area contributed by atoms with Gasteiger partial charge in [-0.05, 0) is 30.5 Å². The van der Waals surface area contributed by atoms with E-state index in [1.165, 1.54) is 13.2 Å². The summed E-state index contributed by atoms with van der Waals surface area (Å²) < 4.78 is 32.6. The Morgan fingerprint density at radius 1 is 1.33 bits per heavy atom. The van der Waals surface area contributed by atoms with Crippen LogP contribution in [0.2, 0.25) is 5.02 Å². The largest absolute Gasteiger partial charge is 0.495 e. The van der Waals surface area contributed by atoms with Gasteiger partial charge in [-0.3, -0.25) is 0 Å². The average Bonchev–Trinajstić information content (AvgIpc) is 2.47. The standard InChI is InChI=1S/C15H24ClNO3S/c1-4-6-7-12(5-2)11-17-21(18,19)15-10-13(16)8-9-14(15)20-3/h8-10,12,17H,4-7,11H2,1-3H3/t12-/m0/s1. The lowest BCUT2D eigenvalue weighted by Gasteiger charge is -2.16. The third-order valence-electron chi connectivity index (χ3n) is 3.52. The highest BCUT2D eigenvalue weighted by Crippen LogP contribution is 2.27. The minimum atomic E-state index is -3.62. The predicted octanol–water partition coefficient (Wildman–Crippen LogP) is 3.84. The molecule has 0 aliphatic rings. The molecule has 0 fully saturated rings. The van der Waals surface area contributed by atoms with Gasteiger partial charge in [-0.2, -0.15) is 0 Å². The Morgan fingerprint density at radius 2 is 2.05 bits per heavy atom. The highest BCUT2D eigenvalue weighted by atomic mass is 35.5. The van der Waals surface area contributed by atoms with Gasteiger partial charge < -0.3 is 4.74 Å². The van der Waals surface area contributed by atoms with E-state index in [4.69, 9.17) is 16.3 Å². The van der Waals surface area contributed by atoms with E-state index in [0.29, 0.717) is 23.2 Å². The third-order valence-corrected chi connectivity index (χ3v) is 5.20. The Balaban J connectivity index is 2.84. The first-order valence-corrected chi connectivity index (χ1v) is 9.13. The molecule has 0 heterocycles. The van der Waals surface area contributed by atoms with Crippen LogP contribution in [0.4, 0.5) is 0 Å². The van der Waals surface area contributed by atoms with Crippen molar-refractivity contribution < 1.29 is 13.2 Å². The first-order chi connectivity index (χ1) is 9.94. The molecule has 0 bridgehead atoms. The molecule has 1 aromatic carbocycles. The second-order valence-electron chi connectivity index (χ2n) is 5.06. The van der Waals surface area contributed by atoms with Crippen molar-refractivity contribution in [1.29, 1.82) is 0 Å². The molecule has 0 unspecified atom stereocenters.